The van der Waals surface area contributed by atoms with Crippen LogP contribution >= 0.6 is 0 Å². The molecule has 1 aromatic carbocycles. The second kappa shape index (κ2) is 12.7. The number of aryl methyl sites for hydroxylation is 1. The van der Waals surface area contributed by atoms with E-state index in [0.717, 1.165) is 15.9 Å². The van der Waals surface area contributed by atoms with E-state index in [2.05, 4.69) is 55.9 Å². The number of hydrogen-bond acceptors (Lipinski definition) is 0. The van der Waals surface area contributed by atoms with Crippen molar-refractivity contribution < 1.29 is 21.7 Å². The van der Waals surface area contributed by atoms with Gasteiger partial charge in [-0.1, -0.05) is 33.9 Å². The zero-order valence-electron chi connectivity index (χ0n) is 17.5. The van der Waals surface area contributed by atoms with Crippen molar-refractivity contribution in [2.24, 2.45) is 7.05 Å². The fourth-order valence-electron chi connectivity index (χ4n) is 2.28. The quantitative estimate of drug-likeness (QED) is 0.334. The Labute approximate surface area is 174 Å². The summed E-state index contributed by atoms with van der Waals surface area (Å²) < 4.78 is 2.29. The first-order valence-electron chi connectivity index (χ1n) is 7.82. The third-order valence-electron chi connectivity index (χ3n) is 3.20. The first-order valence-corrected chi connectivity index (χ1v) is 10.1. The summed E-state index contributed by atoms with van der Waals surface area (Å²) in [6.45, 7) is 12.1. The Morgan fingerprint density at radius 3 is 2.12 bits per heavy atom. The summed E-state index contributed by atoms with van der Waals surface area (Å²) in [6, 6.07) is 11.7. The zero-order valence-corrected chi connectivity index (χ0v) is 20.3. The first-order chi connectivity index (χ1) is 10.2. The SMILES string of the molecule is CC(C)(C)[NH-].C[SiH]C.Cc1cc2c(n1C)Cc1c[c-]ccc1-2.[CH3-].[CH3-].[Ti+4]. The molecule has 0 saturated carbocycles. The Morgan fingerprint density at radius 2 is 1.64 bits per heavy atom. The predicted molar refractivity (Wildman–Crippen MR) is 113 cm³/mol. The molecule has 4 heteroatoms. The van der Waals surface area contributed by atoms with Crippen LogP contribution in [-0.4, -0.2) is 19.6 Å². The number of nitrogens with zero attached hydrogens (tertiary/aromatic N) is 1. The molecule has 0 unspecified atom stereocenters. The Morgan fingerprint density at radius 1 is 1.16 bits per heavy atom. The monoisotopic (exact) mass is 391 g/mol. The molecule has 0 bridgehead atoms. The van der Waals surface area contributed by atoms with Crippen LogP contribution in [0.5, 0.6) is 0 Å². The van der Waals surface area contributed by atoms with Gasteiger partial charge in [0, 0.05) is 28.0 Å². The van der Waals surface area contributed by atoms with Gasteiger partial charge in [-0.2, -0.15) is 24.3 Å². The number of aromatic nitrogens is 1. The molecule has 2 aromatic rings. The second-order valence-corrected chi connectivity index (χ2v) is 7.95. The van der Waals surface area contributed by atoms with Crippen molar-refractivity contribution in [1.82, 2.24) is 4.57 Å². The van der Waals surface area contributed by atoms with Gasteiger partial charge in [-0.15, -0.1) is 16.7 Å². The van der Waals surface area contributed by atoms with E-state index in [-0.39, 0.29) is 42.1 Å². The number of fused-ring (bicyclic) bond motifs is 3. The van der Waals surface area contributed by atoms with Gasteiger partial charge in [0.1, 0.15) is 0 Å². The third-order valence-corrected chi connectivity index (χ3v) is 3.20. The summed E-state index contributed by atoms with van der Waals surface area (Å²) in [5, 5.41) is 0. The molecule has 1 radical (unpaired) electrons. The number of rotatable bonds is 0. The van der Waals surface area contributed by atoms with E-state index in [9.17, 15) is 0 Å². The number of hydrogen-bond donors (Lipinski definition) is 0. The molecule has 3 rings (SSSR count). The summed E-state index contributed by atoms with van der Waals surface area (Å²) in [6.07, 6.45) is 1.06. The van der Waals surface area contributed by atoms with Gasteiger partial charge in [0.2, 0.25) is 0 Å². The fourth-order valence-corrected chi connectivity index (χ4v) is 2.28. The Hall–Kier alpha value is -0.609. The smallest absolute Gasteiger partial charge is 0.673 e. The van der Waals surface area contributed by atoms with Gasteiger partial charge in [0.25, 0.3) is 0 Å². The molecule has 0 aliphatic heterocycles. The fraction of sp³-hybridized carbons (Fsp3) is 0.429. The van der Waals surface area contributed by atoms with Gasteiger partial charge in [0.15, 0.2) is 0 Å². The minimum Gasteiger partial charge on any atom is -0.673 e. The Balaban J connectivity index is -0.000000384. The minimum atomic E-state index is -0.250. The van der Waals surface area contributed by atoms with Crippen LogP contribution in [0.1, 0.15) is 37.7 Å². The minimum absolute atomic E-state index is 0. The van der Waals surface area contributed by atoms with E-state index in [1.165, 1.54) is 28.1 Å². The maximum absolute atomic E-state index is 6.94. The molecule has 2 nitrogen and oxygen atoms in total. The van der Waals surface area contributed by atoms with Crippen LogP contribution < -0.4 is 0 Å². The average molecular weight is 391 g/mol. The maximum Gasteiger partial charge on any atom is 4.00 e. The predicted octanol–water partition coefficient (Wildman–Crippen LogP) is 5.96. The normalized spacial score (nSPS) is 10.2. The summed E-state index contributed by atoms with van der Waals surface area (Å²) in [7, 11) is 2.89. The molecule has 137 valence electrons. The van der Waals surface area contributed by atoms with Crippen LogP contribution in [0.4, 0.5) is 0 Å². The molecular weight excluding hydrogens is 356 g/mol. The molecule has 1 N–H and O–H groups in total. The van der Waals surface area contributed by atoms with Crippen LogP contribution in [0.15, 0.2) is 24.3 Å². The number of benzene rings is 1. The van der Waals surface area contributed by atoms with E-state index in [4.69, 9.17) is 5.73 Å². The molecule has 1 aliphatic carbocycles. The van der Waals surface area contributed by atoms with E-state index >= 15 is 0 Å². The van der Waals surface area contributed by atoms with E-state index in [0.29, 0.717) is 0 Å². The third kappa shape index (κ3) is 9.05. The second-order valence-electron chi connectivity index (χ2n) is 6.79. The standard InChI is InChI=1S/C13H12N.C4H10N.C2H7Si.2CH3.Ti/c1-9-7-12-11-6-4-3-5-10(11)8-13(12)14(9)2;1-4(2,3)5;1-3-2;;;/h4-7H,8H2,1-2H3;5H,1-3H3;3H,1-2H3;2*1H3;/q2*-1;;2*-1;+4. The van der Waals surface area contributed by atoms with Gasteiger partial charge >= 0.3 is 21.7 Å². The van der Waals surface area contributed by atoms with Crippen molar-refractivity contribution >= 4 is 9.52 Å². The van der Waals surface area contributed by atoms with Crippen molar-refractivity contribution in [3.05, 3.63) is 67.9 Å². The molecule has 25 heavy (non-hydrogen) atoms. The van der Waals surface area contributed by atoms with Gasteiger partial charge < -0.3 is 25.2 Å². The van der Waals surface area contributed by atoms with E-state index in [1.54, 1.807) is 0 Å². The topological polar surface area (TPSA) is 28.7 Å². The molecule has 0 spiro atoms. The number of nitrogens with one attached hydrogen (secondary N) is 1. The molecule has 0 fully saturated rings. The Kier molecular flexibility index (Phi) is 14.8. The molecule has 1 heterocycles. The molecule has 1 aliphatic rings. The van der Waals surface area contributed by atoms with Crippen molar-refractivity contribution in [2.75, 3.05) is 0 Å². The molecule has 0 atom stereocenters. The average Bonchev–Trinajstić information content (AvgIpc) is 2.88. The van der Waals surface area contributed by atoms with E-state index in [1.807, 2.05) is 26.8 Å². The molecule has 1 aromatic heterocycles. The first kappa shape index (κ1) is 29.2. The van der Waals surface area contributed by atoms with E-state index < -0.39 is 0 Å². The van der Waals surface area contributed by atoms with Crippen molar-refractivity contribution in [3.63, 3.8) is 0 Å². The van der Waals surface area contributed by atoms with Crippen molar-refractivity contribution in [2.45, 2.75) is 52.7 Å². The van der Waals surface area contributed by atoms with Gasteiger partial charge in [-0.05, 0) is 25.0 Å². The molecular formula is C21H35N2SiTi. The largest absolute Gasteiger partial charge is 4.00 e. The van der Waals surface area contributed by atoms with Gasteiger partial charge in [0.05, 0.1) is 0 Å². The van der Waals surface area contributed by atoms with Crippen LogP contribution in [0.2, 0.25) is 13.1 Å². The van der Waals surface area contributed by atoms with Crippen LogP contribution in [-0.2, 0) is 35.2 Å². The Bertz CT molecular complexity index is 607. The van der Waals surface area contributed by atoms with Crippen molar-refractivity contribution in [3.8, 4) is 11.1 Å². The van der Waals surface area contributed by atoms with Crippen LogP contribution in [0.25, 0.3) is 16.9 Å². The van der Waals surface area contributed by atoms with Crippen LogP contribution in [0, 0.1) is 27.8 Å². The summed E-state index contributed by atoms with van der Waals surface area (Å²) >= 11 is 0. The summed E-state index contributed by atoms with van der Waals surface area (Å²) in [5.74, 6) is 0. The van der Waals surface area contributed by atoms with Gasteiger partial charge in [-0.3, -0.25) is 0 Å². The zero-order chi connectivity index (χ0) is 16.9. The summed E-state index contributed by atoms with van der Waals surface area (Å²) in [5.41, 5.74) is 13.7. The maximum atomic E-state index is 6.94. The van der Waals surface area contributed by atoms with Gasteiger partial charge in [-0.25, -0.2) is 0 Å². The summed E-state index contributed by atoms with van der Waals surface area (Å²) in [4.78, 5) is 0. The van der Waals surface area contributed by atoms with Crippen LogP contribution in [0.3, 0.4) is 0 Å². The molecule has 0 amide bonds. The van der Waals surface area contributed by atoms with Crippen molar-refractivity contribution in [1.29, 1.82) is 0 Å². The molecule has 0 saturated heterocycles.